The Kier molecular flexibility index (Phi) is 3.99. The predicted molar refractivity (Wildman–Crippen MR) is 81.9 cm³/mol. The lowest BCUT2D eigenvalue weighted by atomic mass is 10.0. The van der Waals surface area contributed by atoms with Crippen LogP contribution in [0.25, 0.3) is 0 Å². The van der Waals surface area contributed by atoms with Crippen LogP contribution in [0, 0.1) is 11.8 Å². The fraction of sp³-hybridized carbons (Fsp3) is 0.625. The van der Waals surface area contributed by atoms with E-state index in [4.69, 9.17) is 11.6 Å². The molecule has 2 aliphatic rings. The average Bonchev–Trinajstić information content (AvgIpc) is 2.97. The zero-order chi connectivity index (χ0) is 13.2. The summed E-state index contributed by atoms with van der Waals surface area (Å²) in [5.41, 5.74) is 2.62. The van der Waals surface area contributed by atoms with Gasteiger partial charge in [-0.1, -0.05) is 37.1 Å². The summed E-state index contributed by atoms with van der Waals surface area (Å²) < 4.78 is 0. The van der Waals surface area contributed by atoms with Crippen LogP contribution in [0.15, 0.2) is 18.2 Å². The van der Waals surface area contributed by atoms with Gasteiger partial charge in [0.15, 0.2) is 0 Å². The van der Waals surface area contributed by atoms with Crippen molar-refractivity contribution in [3.63, 3.8) is 0 Å². The smallest absolute Gasteiger partial charge is 0.0642 e. The highest BCUT2D eigenvalue weighted by Crippen LogP contribution is 2.42. The zero-order valence-corrected chi connectivity index (χ0v) is 12.4. The highest BCUT2D eigenvalue weighted by molar-refractivity contribution is 6.33. The molecule has 1 aliphatic carbocycles. The molecular formula is C16H23ClN2. The number of halogens is 1. The Morgan fingerprint density at radius 1 is 1.26 bits per heavy atom. The highest BCUT2D eigenvalue weighted by Gasteiger charge is 2.37. The van der Waals surface area contributed by atoms with Crippen molar-refractivity contribution in [3.8, 4) is 0 Å². The van der Waals surface area contributed by atoms with Crippen molar-refractivity contribution in [1.29, 1.82) is 0 Å². The Labute approximate surface area is 121 Å². The van der Waals surface area contributed by atoms with Crippen molar-refractivity contribution >= 4 is 17.3 Å². The fourth-order valence-corrected chi connectivity index (χ4v) is 4.05. The minimum atomic E-state index is 0.906. The molecule has 0 radical (unpaired) electrons. The first kappa shape index (κ1) is 13.3. The van der Waals surface area contributed by atoms with Crippen LogP contribution in [-0.2, 0) is 6.54 Å². The molecule has 1 saturated heterocycles. The van der Waals surface area contributed by atoms with Gasteiger partial charge in [-0.15, -0.1) is 0 Å². The number of para-hydroxylation sites is 1. The van der Waals surface area contributed by atoms with E-state index in [0.717, 1.165) is 29.9 Å². The Hall–Kier alpha value is -0.730. The van der Waals surface area contributed by atoms with Gasteiger partial charge in [0.05, 0.1) is 10.7 Å². The molecule has 1 aromatic carbocycles. The summed E-state index contributed by atoms with van der Waals surface area (Å²) in [6.45, 7) is 6.46. The molecule has 3 rings (SSSR count). The molecule has 1 aliphatic heterocycles. The second-order valence-corrected chi connectivity index (χ2v) is 6.29. The van der Waals surface area contributed by atoms with Crippen LogP contribution in [0.2, 0.25) is 5.02 Å². The van der Waals surface area contributed by atoms with Gasteiger partial charge < -0.3 is 10.2 Å². The quantitative estimate of drug-likeness (QED) is 0.904. The van der Waals surface area contributed by atoms with Gasteiger partial charge in [0.25, 0.3) is 0 Å². The number of benzene rings is 1. The summed E-state index contributed by atoms with van der Waals surface area (Å²) in [5, 5.41) is 4.33. The lowest BCUT2D eigenvalue weighted by molar-refractivity contribution is 0.494. The summed E-state index contributed by atoms with van der Waals surface area (Å²) in [7, 11) is 0. The Balaban J connectivity index is 1.83. The first-order valence-corrected chi connectivity index (χ1v) is 7.90. The minimum Gasteiger partial charge on any atom is -0.369 e. The molecular weight excluding hydrogens is 256 g/mol. The Morgan fingerprint density at radius 3 is 2.68 bits per heavy atom. The molecule has 2 unspecified atom stereocenters. The van der Waals surface area contributed by atoms with Gasteiger partial charge in [0.2, 0.25) is 0 Å². The first-order valence-electron chi connectivity index (χ1n) is 7.52. The fourth-order valence-electron chi connectivity index (χ4n) is 3.73. The topological polar surface area (TPSA) is 15.3 Å². The number of anilines is 1. The number of nitrogens with zero attached hydrogens (tertiary/aromatic N) is 1. The van der Waals surface area contributed by atoms with Crippen LogP contribution in [0.3, 0.4) is 0 Å². The summed E-state index contributed by atoms with van der Waals surface area (Å²) in [6.07, 6.45) is 4.25. The number of fused-ring (bicyclic) bond motifs is 1. The average molecular weight is 279 g/mol. The molecule has 0 spiro atoms. The molecule has 2 nitrogen and oxygen atoms in total. The largest absolute Gasteiger partial charge is 0.369 e. The molecule has 0 amide bonds. The van der Waals surface area contributed by atoms with E-state index in [1.807, 2.05) is 6.07 Å². The van der Waals surface area contributed by atoms with Crippen molar-refractivity contribution in [2.24, 2.45) is 11.8 Å². The summed E-state index contributed by atoms with van der Waals surface area (Å²) >= 11 is 6.48. The maximum atomic E-state index is 6.48. The number of nitrogens with one attached hydrogen (secondary N) is 1. The van der Waals surface area contributed by atoms with E-state index in [2.05, 4.69) is 29.3 Å². The third kappa shape index (κ3) is 2.61. The van der Waals surface area contributed by atoms with Crippen molar-refractivity contribution in [2.75, 3.05) is 24.5 Å². The molecule has 3 heteroatoms. The SMILES string of the molecule is CCNCc1cccc(Cl)c1N1CC2CCCC2C1. The molecule has 2 atom stereocenters. The van der Waals surface area contributed by atoms with Crippen LogP contribution in [-0.4, -0.2) is 19.6 Å². The standard InChI is InChI=1S/C16H23ClN2/c1-2-18-9-12-5-4-8-15(17)16(12)19-10-13-6-3-7-14(13)11-19/h4-5,8,13-14,18H,2-3,6-7,9-11H2,1H3. The second kappa shape index (κ2) is 5.72. The van der Waals surface area contributed by atoms with E-state index < -0.39 is 0 Å². The van der Waals surface area contributed by atoms with Gasteiger partial charge >= 0.3 is 0 Å². The van der Waals surface area contributed by atoms with Crippen LogP contribution < -0.4 is 10.2 Å². The number of hydrogen-bond acceptors (Lipinski definition) is 2. The van der Waals surface area contributed by atoms with Crippen LogP contribution >= 0.6 is 11.6 Å². The highest BCUT2D eigenvalue weighted by atomic mass is 35.5. The van der Waals surface area contributed by atoms with E-state index >= 15 is 0 Å². The number of hydrogen-bond donors (Lipinski definition) is 1. The lowest BCUT2D eigenvalue weighted by Crippen LogP contribution is -2.24. The van der Waals surface area contributed by atoms with Gasteiger partial charge in [-0.2, -0.15) is 0 Å². The third-order valence-corrected chi connectivity index (χ3v) is 4.98. The van der Waals surface area contributed by atoms with E-state index in [1.54, 1.807) is 0 Å². The van der Waals surface area contributed by atoms with Crippen molar-refractivity contribution in [3.05, 3.63) is 28.8 Å². The maximum absolute atomic E-state index is 6.48. The van der Waals surface area contributed by atoms with Crippen molar-refractivity contribution in [2.45, 2.75) is 32.7 Å². The van der Waals surface area contributed by atoms with Gasteiger partial charge in [-0.05, 0) is 42.9 Å². The molecule has 19 heavy (non-hydrogen) atoms. The van der Waals surface area contributed by atoms with Gasteiger partial charge in [0.1, 0.15) is 0 Å². The van der Waals surface area contributed by atoms with Crippen molar-refractivity contribution < 1.29 is 0 Å². The van der Waals surface area contributed by atoms with Crippen LogP contribution in [0.4, 0.5) is 5.69 Å². The zero-order valence-electron chi connectivity index (χ0n) is 11.7. The number of rotatable bonds is 4. The molecule has 0 bridgehead atoms. The molecule has 104 valence electrons. The molecule has 1 N–H and O–H groups in total. The molecule has 1 heterocycles. The van der Waals surface area contributed by atoms with Crippen molar-refractivity contribution in [1.82, 2.24) is 5.32 Å². The van der Waals surface area contributed by atoms with E-state index in [9.17, 15) is 0 Å². The maximum Gasteiger partial charge on any atom is 0.0642 e. The summed E-state index contributed by atoms with van der Waals surface area (Å²) in [6, 6.07) is 6.30. The first-order chi connectivity index (χ1) is 9.29. The van der Waals surface area contributed by atoms with E-state index in [1.165, 1.54) is 43.6 Å². The monoisotopic (exact) mass is 278 g/mol. The van der Waals surface area contributed by atoms with Crippen LogP contribution in [0.1, 0.15) is 31.7 Å². The summed E-state index contributed by atoms with van der Waals surface area (Å²) in [4.78, 5) is 2.53. The van der Waals surface area contributed by atoms with Crippen LogP contribution in [0.5, 0.6) is 0 Å². The van der Waals surface area contributed by atoms with E-state index in [-0.39, 0.29) is 0 Å². The van der Waals surface area contributed by atoms with Gasteiger partial charge in [0, 0.05) is 19.6 Å². The lowest BCUT2D eigenvalue weighted by Gasteiger charge is -2.24. The molecule has 0 aromatic heterocycles. The predicted octanol–water partition coefficient (Wildman–Crippen LogP) is 3.69. The molecule has 2 fully saturated rings. The van der Waals surface area contributed by atoms with E-state index in [0.29, 0.717) is 0 Å². The third-order valence-electron chi connectivity index (χ3n) is 4.68. The summed E-state index contributed by atoms with van der Waals surface area (Å²) in [5.74, 6) is 1.81. The van der Waals surface area contributed by atoms with Gasteiger partial charge in [-0.25, -0.2) is 0 Å². The Bertz CT molecular complexity index is 434. The molecule has 1 aromatic rings. The minimum absolute atomic E-state index is 0.906. The molecule has 1 saturated carbocycles. The van der Waals surface area contributed by atoms with Gasteiger partial charge in [-0.3, -0.25) is 0 Å². The second-order valence-electron chi connectivity index (χ2n) is 5.88. The normalized spacial score (nSPS) is 25.9. The Morgan fingerprint density at radius 2 is 2.00 bits per heavy atom.